The molecule has 1 heterocycles. The Kier molecular flexibility index (Phi) is 2.86. The quantitative estimate of drug-likeness (QED) is 0.588. The molecule has 0 unspecified atom stereocenters. The molecule has 0 N–H and O–H groups in total. The van der Waals surface area contributed by atoms with Gasteiger partial charge in [0.2, 0.25) is 0 Å². The molecule has 94 valence electrons. The fourth-order valence-corrected chi connectivity index (χ4v) is 1.72. The summed E-state index contributed by atoms with van der Waals surface area (Å²) in [7, 11) is 0. The predicted molar refractivity (Wildman–Crippen MR) is 58.4 cm³/mol. The first-order chi connectivity index (χ1) is 8.30. The maximum Gasteiger partial charge on any atom is 0.416 e. The third-order valence-corrected chi connectivity index (χ3v) is 2.71. The zero-order valence-corrected chi connectivity index (χ0v) is 9.29. The number of hydrogen-bond acceptors (Lipinski definition) is 3. The van der Waals surface area contributed by atoms with E-state index in [1.165, 1.54) is 0 Å². The first-order valence-corrected chi connectivity index (χ1v) is 4.98. The smallest absolute Gasteiger partial charge is 0.258 e. The number of pyridine rings is 1. The van der Waals surface area contributed by atoms with E-state index >= 15 is 0 Å². The van der Waals surface area contributed by atoms with Gasteiger partial charge >= 0.3 is 11.9 Å². The summed E-state index contributed by atoms with van der Waals surface area (Å²) in [4.78, 5) is 13.5. The van der Waals surface area contributed by atoms with Gasteiger partial charge < -0.3 is 0 Å². The van der Waals surface area contributed by atoms with Crippen LogP contribution in [0.3, 0.4) is 0 Å². The molecule has 18 heavy (non-hydrogen) atoms. The Bertz CT molecular complexity index is 643. The highest BCUT2D eigenvalue weighted by Crippen LogP contribution is 2.35. The van der Waals surface area contributed by atoms with Crippen LogP contribution in [0.25, 0.3) is 10.9 Å². The van der Waals surface area contributed by atoms with Gasteiger partial charge in [0.15, 0.2) is 0 Å². The number of aromatic nitrogens is 1. The largest absolute Gasteiger partial charge is 0.416 e. The molecule has 2 rings (SSSR count). The van der Waals surface area contributed by atoms with Crippen LogP contribution in [0.15, 0.2) is 24.4 Å². The molecule has 0 saturated heterocycles. The lowest BCUT2D eigenvalue weighted by atomic mass is 10.1. The fourth-order valence-electron chi connectivity index (χ4n) is 1.45. The summed E-state index contributed by atoms with van der Waals surface area (Å²) < 4.78 is 37.5. The van der Waals surface area contributed by atoms with Gasteiger partial charge in [-0.3, -0.25) is 10.1 Å². The van der Waals surface area contributed by atoms with Crippen LogP contribution in [0.5, 0.6) is 0 Å². The standard InChI is InChI=1S/C10H4ClF3N2O2/c11-9-6-3-5(10(12,13)14)1-2-7(6)15-4-8(9)16(17)18/h1-4H. The van der Waals surface area contributed by atoms with Crippen LogP contribution in [0, 0.1) is 10.1 Å². The van der Waals surface area contributed by atoms with E-state index in [-0.39, 0.29) is 15.9 Å². The minimum atomic E-state index is -4.54. The Morgan fingerprint density at radius 2 is 2.00 bits per heavy atom. The molecule has 1 aromatic carbocycles. The highest BCUT2D eigenvalue weighted by atomic mass is 35.5. The van der Waals surface area contributed by atoms with E-state index in [4.69, 9.17) is 11.6 Å². The van der Waals surface area contributed by atoms with E-state index in [2.05, 4.69) is 4.98 Å². The SMILES string of the molecule is O=[N+]([O-])c1cnc2ccc(C(F)(F)F)cc2c1Cl. The Morgan fingerprint density at radius 1 is 1.33 bits per heavy atom. The van der Waals surface area contributed by atoms with Gasteiger partial charge in [-0.25, -0.2) is 4.98 Å². The molecule has 0 aliphatic heterocycles. The van der Waals surface area contributed by atoms with E-state index in [0.29, 0.717) is 0 Å². The van der Waals surface area contributed by atoms with Crippen LogP contribution in [0.1, 0.15) is 5.56 Å². The number of alkyl halides is 3. The molecule has 0 aliphatic rings. The molecule has 0 radical (unpaired) electrons. The summed E-state index contributed by atoms with van der Waals surface area (Å²) in [6.07, 6.45) is -3.62. The number of benzene rings is 1. The number of halogens is 4. The van der Waals surface area contributed by atoms with Crippen molar-refractivity contribution in [2.45, 2.75) is 6.18 Å². The molecule has 0 atom stereocenters. The minimum absolute atomic E-state index is 0.0966. The lowest BCUT2D eigenvalue weighted by Gasteiger charge is -2.08. The first kappa shape index (κ1) is 12.6. The summed E-state index contributed by atoms with van der Waals surface area (Å²) >= 11 is 5.71. The zero-order valence-electron chi connectivity index (χ0n) is 8.53. The average Bonchev–Trinajstić information content (AvgIpc) is 2.27. The van der Waals surface area contributed by atoms with Gasteiger partial charge in [-0.15, -0.1) is 0 Å². The normalized spacial score (nSPS) is 11.8. The average molecular weight is 277 g/mol. The van der Waals surface area contributed by atoms with Gasteiger partial charge in [-0.2, -0.15) is 13.2 Å². The molecular formula is C10H4ClF3N2O2. The summed E-state index contributed by atoms with van der Waals surface area (Å²) in [6.45, 7) is 0. The molecule has 0 aliphatic carbocycles. The first-order valence-electron chi connectivity index (χ1n) is 4.60. The lowest BCUT2D eigenvalue weighted by molar-refractivity contribution is -0.384. The van der Waals surface area contributed by atoms with Crippen LogP contribution >= 0.6 is 11.6 Å². The Labute approximate surface area is 103 Å². The van der Waals surface area contributed by atoms with E-state index in [9.17, 15) is 23.3 Å². The maximum absolute atomic E-state index is 12.5. The minimum Gasteiger partial charge on any atom is -0.258 e. The van der Waals surface area contributed by atoms with Gasteiger partial charge in [0, 0.05) is 5.39 Å². The van der Waals surface area contributed by atoms with Gasteiger partial charge in [0.1, 0.15) is 11.2 Å². The Morgan fingerprint density at radius 3 is 2.56 bits per heavy atom. The monoisotopic (exact) mass is 276 g/mol. The Hall–Kier alpha value is -1.89. The third-order valence-electron chi connectivity index (χ3n) is 2.31. The van der Waals surface area contributed by atoms with Crippen LogP contribution < -0.4 is 0 Å². The van der Waals surface area contributed by atoms with E-state index < -0.39 is 22.4 Å². The van der Waals surface area contributed by atoms with Crippen molar-refractivity contribution in [2.24, 2.45) is 0 Å². The molecule has 0 spiro atoms. The summed E-state index contributed by atoms with van der Waals surface area (Å²) in [5.74, 6) is 0. The molecule has 4 nitrogen and oxygen atoms in total. The van der Waals surface area contributed by atoms with Gasteiger partial charge in [-0.1, -0.05) is 11.6 Å². The summed E-state index contributed by atoms with van der Waals surface area (Å²) in [6, 6.07) is 2.71. The molecule has 0 fully saturated rings. The topological polar surface area (TPSA) is 56.0 Å². The second kappa shape index (κ2) is 4.09. The van der Waals surface area contributed by atoms with E-state index in [1.807, 2.05) is 0 Å². The van der Waals surface area contributed by atoms with Crippen LogP contribution in [-0.2, 0) is 6.18 Å². The second-order valence-corrected chi connectivity index (χ2v) is 3.82. The zero-order chi connectivity index (χ0) is 13.5. The van der Waals surface area contributed by atoms with Gasteiger partial charge in [-0.05, 0) is 18.2 Å². The predicted octanol–water partition coefficient (Wildman–Crippen LogP) is 3.82. The number of nitro groups is 1. The molecule has 2 aromatic rings. The third kappa shape index (κ3) is 2.08. The molecular weight excluding hydrogens is 273 g/mol. The van der Waals surface area contributed by atoms with Crippen molar-refractivity contribution in [2.75, 3.05) is 0 Å². The van der Waals surface area contributed by atoms with Crippen molar-refractivity contribution in [3.05, 3.63) is 45.1 Å². The molecule has 0 amide bonds. The van der Waals surface area contributed by atoms with Gasteiger partial charge in [0.25, 0.3) is 0 Å². The highest BCUT2D eigenvalue weighted by Gasteiger charge is 2.31. The van der Waals surface area contributed by atoms with Crippen molar-refractivity contribution < 1.29 is 18.1 Å². The van der Waals surface area contributed by atoms with Crippen molar-refractivity contribution in [1.82, 2.24) is 4.98 Å². The van der Waals surface area contributed by atoms with Crippen LogP contribution in [-0.4, -0.2) is 9.91 Å². The molecule has 0 saturated carbocycles. The van der Waals surface area contributed by atoms with Crippen LogP contribution in [0.2, 0.25) is 5.02 Å². The molecule has 0 bridgehead atoms. The maximum atomic E-state index is 12.5. The number of nitrogens with zero attached hydrogens (tertiary/aromatic N) is 2. The molecule has 1 aromatic heterocycles. The summed E-state index contributed by atoms with van der Waals surface area (Å²) in [5.41, 5.74) is -1.29. The van der Waals surface area contributed by atoms with Crippen molar-refractivity contribution >= 4 is 28.2 Å². The highest BCUT2D eigenvalue weighted by molar-refractivity contribution is 6.37. The second-order valence-electron chi connectivity index (χ2n) is 3.44. The Balaban J connectivity index is 2.75. The lowest BCUT2D eigenvalue weighted by Crippen LogP contribution is -2.04. The van der Waals surface area contributed by atoms with Gasteiger partial charge in [0.05, 0.1) is 16.0 Å². The van der Waals surface area contributed by atoms with E-state index in [1.54, 1.807) is 0 Å². The van der Waals surface area contributed by atoms with Crippen LogP contribution in [0.4, 0.5) is 18.9 Å². The van der Waals surface area contributed by atoms with Crippen molar-refractivity contribution in [1.29, 1.82) is 0 Å². The van der Waals surface area contributed by atoms with E-state index in [0.717, 1.165) is 24.4 Å². The summed E-state index contributed by atoms with van der Waals surface area (Å²) in [5, 5.41) is 10.2. The van der Waals surface area contributed by atoms with Crippen molar-refractivity contribution in [3.8, 4) is 0 Å². The number of hydrogen-bond donors (Lipinski definition) is 0. The number of fused-ring (bicyclic) bond motifs is 1. The fraction of sp³-hybridized carbons (Fsp3) is 0.100. The molecule has 8 heteroatoms. The number of rotatable bonds is 1. The van der Waals surface area contributed by atoms with Crippen molar-refractivity contribution in [3.63, 3.8) is 0 Å².